The summed E-state index contributed by atoms with van der Waals surface area (Å²) in [4.78, 5) is 26.4. The molecule has 3 unspecified atom stereocenters. The molecule has 2 aromatic carbocycles. The minimum absolute atomic E-state index is 0.163. The largest absolute Gasteiger partial charge is 0.760 e. The SMILES string of the molecule is C#CC(C)NC(=O)CNC(=O)CN(CC1CCN(C(C)c2cccc3ccccc23)CC1)S(=O)[O-]. The maximum atomic E-state index is 12.2. The summed E-state index contributed by atoms with van der Waals surface area (Å²) in [7, 11) is 0. The fourth-order valence-electron chi connectivity index (χ4n) is 4.53. The number of nitrogens with zero attached hydrogens (tertiary/aromatic N) is 2. The van der Waals surface area contributed by atoms with E-state index in [0.29, 0.717) is 0 Å². The van der Waals surface area contributed by atoms with Gasteiger partial charge in [0.15, 0.2) is 0 Å². The number of carbonyl (C=O) groups excluding carboxylic acids is 2. The zero-order valence-electron chi connectivity index (χ0n) is 20.2. The lowest BCUT2D eigenvalue weighted by molar-refractivity contribution is -0.126. The van der Waals surface area contributed by atoms with Gasteiger partial charge in [0.2, 0.25) is 11.8 Å². The van der Waals surface area contributed by atoms with Crippen molar-refractivity contribution in [3.63, 3.8) is 0 Å². The van der Waals surface area contributed by atoms with Crippen LogP contribution in [0.25, 0.3) is 10.8 Å². The van der Waals surface area contributed by atoms with Gasteiger partial charge in [-0.15, -0.1) is 6.42 Å². The zero-order chi connectivity index (χ0) is 25.4. The topological polar surface area (TPSA) is 105 Å². The Morgan fingerprint density at radius 2 is 1.86 bits per heavy atom. The molecule has 0 aliphatic carbocycles. The molecule has 0 aromatic heterocycles. The Hall–Kier alpha value is -2.77. The van der Waals surface area contributed by atoms with E-state index in [9.17, 15) is 18.4 Å². The van der Waals surface area contributed by atoms with Crippen molar-refractivity contribution in [2.75, 3.05) is 32.7 Å². The van der Waals surface area contributed by atoms with E-state index in [1.807, 2.05) is 6.07 Å². The molecule has 1 fully saturated rings. The Morgan fingerprint density at radius 1 is 1.17 bits per heavy atom. The Kier molecular flexibility index (Phi) is 9.81. The van der Waals surface area contributed by atoms with Gasteiger partial charge in [-0.25, -0.2) is 4.31 Å². The highest BCUT2D eigenvalue weighted by Crippen LogP contribution is 2.31. The molecule has 0 saturated carbocycles. The molecule has 1 aliphatic rings. The van der Waals surface area contributed by atoms with Crippen LogP contribution in [0, 0.1) is 18.3 Å². The van der Waals surface area contributed by atoms with Crippen LogP contribution in [0.3, 0.4) is 0 Å². The van der Waals surface area contributed by atoms with E-state index in [1.54, 1.807) is 6.92 Å². The number of rotatable bonds is 10. The summed E-state index contributed by atoms with van der Waals surface area (Å²) < 4.78 is 24.6. The first-order valence-electron chi connectivity index (χ1n) is 11.9. The van der Waals surface area contributed by atoms with Crippen LogP contribution >= 0.6 is 0 Å². The minimum Gasteiger partial charge on any atom is -0.760 e. The first-order valence-corrected chi connectivity index (χ1v) is 12.9. The fourth-order valence-corrected chi connectivity index (χ4v) is 5.08. The van der Waals surface area contributed by atoms with Crippen molar-refractivity contribution in [1.82, 2.24) is 19.8 Å². The molecule has 3 atom stereocenters. The quantitative estimate of drug-likeness (QED) is 0.386. The van der Waals surface area contributed by atoms with Crippen LogP contribution in [-0.2, 0) is 20.9 Å². The van der Waals surface area contributed by atoms with Crippen LogP contribution in [0.1, 0.15) is 38.3 Å². The van der Waals surface area contributed by atoms with E-state index >= 15 is 0 Å². The van der Waals surface area contributed by atoms with Crippen LogP contribution in [0.5, 0.6) is 0 Å². The summed E-state index contributed by atoms with van der Waals surface area (Å²) in [6.45, 7) is 5.28. The fraction of sp³-hybridized carbons (Fsp3) is 0.462. The third-order valence-corrected chi connectivity index (χ3v) is 7.24. The number of terminal acetylenes is 1. The Balaban J connectivity index is 1.50. The number of carbonyl (C=O) groups is 2. The van der Waals surface area contributed by atoms with Gasteiger partial charge in [-0.2, -0.15) is 0 Å². The summed E-state index contributed by atoms with van der Waals surface area (Å²) in [6, 6.07) is 14.6. The average Bonchev–Trinajstić information content (AvgIpc) is 2.86. The number of piperidine rings is 1. The van der Waals surface area contributed by atoms with Crippen molar-refractivity contribution in [2.24, 2.45) is 5.92 Å². The highest BCUT2D eigenvalue weighted by molar-refractivity contribution is 7.76. The van der Waals surface area contributed by atoms with E-state index in [2.05, 4.69) is 64.8 Å². The lowest BCUT2D eigenvalue weighted by atomic mass is 9.93. The number of fused-ring (bicyclic) bond motifs is 1. The van der Waals surface area contributed by atoms with Crippen LogP contribution in [0.2, 0.25) is 0 Å². The number of amides is 2. The van der Waals surface area contributed by atoms with Gasteiger partial charge in [0.05, 0.1) is 19.1 Å². The molecule has 0 spiro atoms. The molecule has 1 saturated heterocycles. The Morgan fingerprint density at radius 3 is 2.54 bits per heavy atom. The predicted molar refractivity (Wildman–Crippen MR) is 137 cm³/mol. The number of nitrogens with one attached hydrogen (secondary N) is 2. The van der Waals surface area contributed by atoms with Crippen molar-refractivity contribution in [2.45, 2.75) is 38.8 Å². The molecule has 9 heteroatoms. The molecular formula is C26H33N4O4S-. The maximum absolute atomic E-state index is 12.2. The summed E-state index contributed by atoms with van der Waals surface area (Å²) in [5, 5.41) is 7.46. The van der Waals surface area contributed by atoms with Crippen LogP contribution in [-0.4, -0.2) is 68.5 Å². The van der Waals surface area contributed by atoms with Gasteiger partial charge in [0, 0.05) is 23.9 Å². The Labute approximate surface area is 209 Å². The molecule has 1 heterocycles. The van der Waals surface area contributed by atoms with Crippen molar-refractivity contribution >= 4 is 33.9 Å². The number of benzene rings is 2. The van der Waals surface area contributed by atoms with Gasteiger partial charge < -0.3 is 15.2 Å². The third-order valence-electron chi connectivity index (χ3n) is 6.54. The molecule has 2 aromatic rings. The van der Waals surface area contributed by atoms with Crippen LogP contribution in [0.4, 0.5) is 0 Å². The standard InChI is InChI=1S/C26H34N4O4S/c1-4-19(2)28-25(31)16-27-26(32)18-30(35(33)34)17-21-12-14-29(15-13-21)20(3)23-11-7-9-22-8-5-6-10-24(22)23/h1,5-11,19-21H,12-18H2,2-3H3,(H,27,32)(H,28,31)(H,33,34)/p-1. The minimum atomic E-state index is -2.53. The summed E-state index contributed by atoms with van der Waals surface area (Å²) >= 11 is -2.53. The van der Waals surface area contributed by atoms with Gasteiger partial charge in [0.25, 0.3) is 0 Å². The predicted octanol–water partition coefficient (Wildman–Crippen LogP) is 1.96. The summed E-state index contributed by atoms with van der Waals surface area (Å²) in [5.41, 5.74) is 1.29. The Bertz CT molecular complexity index is 1090. The van der Waals surface area contributed by atoms with Crippen molar-refractivity contribution in [1.29, 1.82) is 0 Å². The molecule has 3 rings (SSSR count). The second kappa shape index (κ2) is 12.8. The second-order valence-corrected chi connectivity index (χ2v) is 9.95. The number of likely N-dealkylation sites (tertiary alicyclic amines) is 1. The highest BCUT2D eigenvalue weighted by Gasteiger charge is 2.26. The van der Waals surface area contributed by atoms with Crippen LogP contribution < -0.4 is 10.6 Å². The molecule has 188 valence electrons. The smallest absolute Gasteiger partial charge is 0.240 e. The second-order valence-electron chi connectivity index (χ2n) is 9.00. The van der Waals surface area contributed by atoms with Crippen LogP contribution in [0.15, 0.2) is 42.5 Å². The number of hydrogen-bond acceptors (Lipinski definition) is 5. The highest BCUT2D eigenvalue weighted by atomic mass is 32.2. The molecular weight excluding hydrogens is 464 g/mol. The van der Waals surface area contributed by atoms with Gasteiger partial charge in [-0.3, -0.25) is 18.7 Å². The van der Waals surface area contributed by atoms with E-state index < -0.39 is 29.1 Å². The van der Waals surface area contributed by atoms with Gasteiger partial charge in [-0.1, -0.05) is 48.4 Å². The zero-order valence-corrected chi connectivity index (χ0v) is 21.1. The van der Waals surface area contributed by atoms with Crippen molar-refractivity contribution in [3.05, 3.63) is 48.0 Å². The average molecular weight is 498 g/mol. The summed E-state index contributed by atoms with van der Waals surface area (Å²) in [6.07, 6.45) is 6.90. The molecule has 0 radical (unpaired) electrons. The first kappa shape index (κ1) is 26.8. The summed E-state index contributed by atoms with van der Waals surface area (Å²) in [5.74, 6) is 1.58. The molecule has 2 N–H and O–H groups in total. The molecule has 2 amide bonds. The van der Waals surface area contributed by atoms with E-state index in [1.165, 1.54) is 16.3 Å². The maximum Gasteiger partial charge on any atom is 0.240 e. The van der Waals surface area contributed by atoms with Crippen molar-refractivity contribution in [3.8, 4) is 12.3 Å². The molecule has 35 heavy (non-hydrogen) atoms. The number of hydrogen-bond donors (Lipinski definition) is 2. The normalized spacial score (nSPS) is 17.5. The first-order chi connectivity index (χ1) is 16.8. The van der Waals surface area contributed by atoms with Gasteiger partial charge in [-0.05, 0) is 62.0 Å². The van der Waals surface area contributed by atoms with E-state index in [-0.39, 0.29) is 31.6 Å². The lowest BCUT2D eigenvalue weighted by Gasteiger charge is -2.38. The van der Waals surface area contributed by atoms with E-state index in [4.69, 9.17) is 6.42 Å². The monoisotopic (exact) mass is 497 g/mol. The van der Waals surface area contributed by atoms with Crippen molar-refractivity contribution < 1.29 is 18.4 Å². The third kappa shape index (κ3) is 7.61. The van der Waals surface area contributed by atoms with Gasteiger partial charge >= 0.3 is 0 Å². The molecule has 0 bridgehead atoms. The molecule has 8 nitrogen and oxygen atoms in total. The van der Waals surface area contributed by atoms with Gasteiger partial charge in [0.1, 0.15) is 0 Å². The van der Waals surface area contributed by atoms with E-state index in [0.717, 1.165) is 30.2 Å². The lowest BCUT2D eigenvalue weighted by Crippen LogP contribution is -2.46. The molecule has 1 aliphatic heterocycles.